The van der Waals surface area contributed by atoms with Crippen LogP contribution in [0.3, 0.4) is 0 Å². The number of hydrogen-bond acceptors (Lipinski definition) is 5. The number of piperazine rings is 1. The third-order valence-electron chi connectivity index (χ3n) is 4.26. The molecule has 5 heterocycles. The average molecular weight is 346 g/mol. The van der Waals surface area contributed by atoms with Gasteiger partial charge < -0.3 is 9.80 Å². The van der Waals surface area contributed by atoms with Gasteiger partial charge in [0.25, 0.3) is 0 Å². The molecule has 21 heavy (non-hydrogen) atoms. The highest BCUT2D eigenvalue weighted by atomic mass is 79.9. The number of aromatic nitrogens is 3. The highest BCUT2D eigenvalue weighted by Crippen LogP contribution is 2.39. The lowest BCUT2D eigenvalue weighted by molar-refractivity contribution is 0.287. The van der Waals surface area contributed by atoms with E-state index in [0.717, 1.165) is 35.0 Å². The van der Waals surface area contributed by atoms with Crippen LogP contribution in [-0.2, 0) is 0 Å². The molecule has 3 aliphatic heterocycles. The van der Waals surface area contributed by atoms with Crippen molar-refractivity contribution in [2.45, 2.75) is 25.4 Å². The summed E-state index contributed by atoms with van der Waals surface area (Å²) in [6.45, 7) is 3.93. The zero-order valence-electron chi connectivity index (χ0n) is 11.8. The number of hydrogen-bond donors (Lipinski definition) is 0. The van der Waals surface area contributed by atoms with Crippen LogP contribution in [0.4, 0.5) is 11.6 Å². The molecular formula is C15H16BrN5. The maximum absolute atomic E-state index is 4.54. The van der Waals surface area contributed by atoms with Crippen molar-refractivity contribution in [1.82, 2.24) is 15.0 Å². The van der Waals surface area contributed by atoms with Gasteiger partial charge in [0.2, 0.25) is 0 Å². The van der Waals surface area contributed by atoms with Gasteiger partial charge in [-0.05, 0) is 47.5 Å². The second kappa shape index (κ2) is 4.94. The molecule has 3 saturated heterocycles. The Morgan fingerprint density at radius 2 is 1.95 bits per heavy atom. The highest BCUT2D eigenvalue weighted by Gasteiger charge is 2.46. The molecule has 2 aromatic heterocycles. The van der Waals surface area contributed by atoms with Crippen molar-refractivity contribution < 1.29 is 0 Å². The van der Waals surface area contributed by atoms with Gasteiger partial charge in [0.05, 0.1) is 16.6 Å². The van der Waals surface area contributed by atoms with Crippen molar-refractivity contribution >= 4 is 27.6 Å². The number of rotatable bonds is 2. The van der Waals surface area contributed by atoms with E-state index in [4.69, 9.17) is 0 Å². The smallest absolute Gasteiger partial charge is 0.143 e. The number of aryl methyl sites for hydroxylation is 1. The standard InChI is InChI=1S/C15H16BrN5/c1-10-17-6-4-14(19-10)20-8-11-7-12(9-20)21(11)15-13(16)3-2-5-18-15/h2-6,11-12H,7-9H2,1H3. The van der Waals surface area contributed by atoms with Gasteiger partial charge in [0.15, 0.2) is 0 Å². The Morgan fingerprint density at radius 1 is 1.14 bits per heavy atom. The minimum atomic E-state index is 0.519. The second-order valence-corrected chi connectivity index (χ2v) is 6.48. The number of pyridine rings is 1. The van der Waals surface area contributed by atoms with Gasteiger partial charge in [-0.2, -0.15) is 0 Å². The van der Waals surface area contributed by atoms with Gasteiger partial charge in [0.1, 0.15) is 17.5 Å². The second-order valence-electron chi connectivity index (χ2n) is 5.63. The summed E-state index contributed by atoms with van der Waals surface area (Å²) in [5.74, 6) is 2.94. The Labute approximate surface area is 132 Å². The Morgan fingerprint density at radius 3 is 2.67 bits per heavy atom. The number of halogens is 1. The van der Waals surface area contributed by atoms with Crippen LogP contribution in [0, 0.1) is 6.92 Å². The van der Waals surface area contributed by atoms with Crippen molar-refractivity contribution in [2.24, 2.45) is 0 Å². The van der Waals surface area contributed by atoms with Gasteiger partial charge in [-0.25, -0.2) is 15.0 Å². The molecule has 0 radical (unpaired) electrons. The quantitative estimate of drug-likeness (QED) is 0.836. The van der Waals surface area contributed by atoms with Crippen LogP contribution in [0.5, 0.6) is 0 Å². The molecule has 2 unspecified atom stereocenters. The van der Waals surface area contributed by atoms with Crippen LogP contribution in [0.2, 0.25) is 0 Å². The molecule has 2 atom stereocenters. The monoisotopic (exact) mass is 345 g/mol. The SMILES string of the molecule is Cc1nccc(N2CC3CC(C2)N3c2ncccc2Br)n1. The molecule has 0 spiro atoms. The molecule has 2 bridgehead atoms. The predicted octanol–water partition coefficient (Wildman–Crippen LogP) is 2.41. The van der Waals surface area contributed by atoms with Crippen LogP contribution in [0.15, 0.2) is 35.1 Å². The van der Waals surface area contributed by atoms with Gasteiger partial charge in [0, 0.05) is 25.5 Å². The molecule has 5 rings (SSSR count). The molecule has 0 N–H and O–H groups in total. The molecule has 0 aromatic carbocycles. The summed E-state index contributed by atoms with van der Waals surface area (Å²) in [4.78, 5) is 18.0. The number of nitrogens with zero attached hydrogens (tertiary/aromatic N) is 5. The first kappa shape index (κ1) is 13.0. The summed E-state index contributed by atoms with van der Waals surface area (Å²) in [6, 6.07) is 7.05. The first-order chi connectivity index (χ1) is 10.2. The van der Waals surface area contributed by atoms with E-state index < -0.39 is 0 Å². The molecule has 0 amide bonds. The Bertz CT molecular complexity index is 665. The van der Waals surface area contributed by atoms with Crippen molar-refractivity contribution in [2.75, 3.05) is 22.9 Å². The van der Waals surface area contributed by atoms with E-state index in [2.05, 4.69) is 46.7 Å². The lowest BCUT2D eigenvalue weighted by Gasteiger charge is -2.57. The maximum Gasteiger partial charge on any atom is 0.143 e. The van der Waals surface area contributed by atoms with Crippen LogP contribution in [-0.4, -0.2) is 40.1 Å². The van der Waals surface area contributed by atoms with Crippen molar-refractivity contribution in [3.05, 3.63) is 40.9 Å². The minimum Gasteiger partial charge on any atom is -0.352 e. The van der Waals surface area contributed by atoms with E-state index in [1.807, 2.05) is 31.5 Å². The van der Waals surface area contributed by atoms with Gasteiger partial charge in [-0.1, -0.05) is 0 Å². The first-order valence-corrected chi connectivity index (χ1v) is 7.95. The van der Waals surface area contributed by atoms with Crippen LogP contribution < -0.4 is 9.80 Å². The zero-order chi connectivity index (χ0) is 14.4. The largest absolute Gasteiger partial charge is 0.352 e. The van der Waals surface area contributed by atoms with E-state index >= 15 is 0 Å². The lowest BCUT2D eigenvalue weighted by Crippen LogP contribution is -2.69. The lowest BCUT2D eigenvalue weighted by atomic mass is 9.87. The summed E-state index contributed by atoms with van der Waals surface area (Å²) in [6.07, 6.45) is 4.94. The molecule has 0 saturated carbocycles. The van der Waals surface area contributed by atoms with E-state index in [1.165, 1.54) is 6.42 Å². The fourth-order valence-corrected chi connectivity index (χ4v) is 3.79. The van der Waals surface area contributed by atoms with Gasteiger partial charge in [-0.3, -0.25) is 0 Å². The van der Waals surface area contributed by atoms with Crippen molar-refractivity contribution in [3.63, 3.8) is 0 Å². The van der Waals surface area contributed by atoms with Crippen molar-refractivity contribution in [1.29, 1.82) is 0 Å². The molecule has 3 fully saturated rings. The maximum atomic E-state index is 4.54. The van der Waals surface area contributed by atoms with Gasteiger partial charge >= 0.3 is 0 Å². The third-order valence-corrected chi connectivity index (χ3v) is 4.88. The van der Waals surface area contributed by atoms with Crippen molar-refractivity contribution in [3.8, 4) is 0 Å². The molecular weight excluding hydrogens is 330 g/mol. The van der Waals surface area contributed by atoms with E-state index in [-0.39, 0.29) is 0 Å². The fourth-order valence-electron chi connectivity index (χ4n) is 3.33. The number of fused-ring (bicyclic) bond motifs is 2. The number of piperidine rings is 1. The summed E-state index contributed by atoms with van der Waals surface area (Å²) < 4.78 is 1.08. The molecule has 3 aliphatic rings. The Balaban J connectivity index is 1.55. The van der Waals surface area contributed by atoms with Gasteiger partial charge in [-0.15, -0.1) is 0 Å². The summed E-state index contributed by atoms with van der Waals surface area (Å²) in [7, 11) is 0. The number of anilines is 2. The molecule has 108 valence electrons. The summed E-state index contributed by atoms with van der Waals surface area (Å²) >= 11 is 3.61. The molecule has 6 heteroatoms. The average Bonchev–Trinajstić information content (AvgIpc) is 2.49. The predicted molar refractivity (Wildman–Crippen MR) is 85.6 cm³/mol. The molecule has 5 nitrogen and oxygen atoms in total. The zero-order valence-corrected chi connectivity index (χ0v) is 13.4. The third kappa shape index (κ3) is 2.18. The van der Waals surface area contributed by atoms with Crippen LogP contribution >= 0.6 is 15.9 Å². The van der Waals surface area contributed by atoms with E-state index in [1.54, 1.807) is 0 Å². The van der Waals surface area contributed by atoms with E-state index in [9.17, 15) is 0 Å². The molecule has 2 aromatic rings. The Hall–Kier alpha value is -1.69. The minimum absolute atomic E-state index is 0.519. The topological polar surface area (TPSA) is 45.2 Å². The van der Waals surface area contributed by atoms with Crippen LogP contribution in [0.1, 0.15) is 12.2 Å². The summed E-state index contributed by atoms with van der Waals surface area (Å²) in [5.41, 5.74) is 0. The normalized spacial score (nSPS) is 23.9. The highest BCUT2D eigenvalue weighted by molar-refractivity contribution is 9.10. The van der Waals surface area contributed by atoms with E-state index in [0.29, 0.717) is 12.1 Å². The van der Waals surface area contributed by atoms with Crippen LogP contribution in [0.25, 0.3) is 0 Å². The Kier molecular flexibility index (Phi) is 3.06. The first-order valence-electron chi connectivity index (χ1n) is 7.16. The fraction of sp³-hybridized carbons (Fsp3) is 0.400. The molecule has 0 aliphatic carbocycles. The summed E-state index contributed by atoms with van der Waals surface area (Å²) in [5, 5.41) is 0.